The van der Waals surface area contributed by atoms with Crippen LogP contribution in [0.25, 0.3) is 0 Å². The van der Waals surface area contributed by atoms with E-state index in [0.29, 0.717) is 50.4 Å². The lowest BCUT2D eigenvalue weighted by atomic mass is 9.79. The van der Waals surface area contributed by atoms with E-state index in [1.807, 2.05) is 0 Å². The molecule has 10 bridgehead atoms. The van der Waals surface area contributed by atoms with Gasteiger partial charge in [-0.15, -0.1) is 0 Å². The van der Waals surface area contributed by atoms with Crippen molar-refractivity contribution < 1.29 is 19.7 Å². The molecule has 54 heavy (non-hydrogen) atoms. The number of phenolic OH excluding ortho intramolecular Hbond substituents is 2. The molecular formula is C50H64O4. The molecular weight excluding hydrogens is 665 g/mol. The van der Waals surface area contributed by atoms with E-state index in [1.54, 1.807) is 0 Å². The molecule has 288 valence electrons. The Balaban J connectivity index is 1.77. The minimum atomic E-state index is -0.136. The molecule has 0 amide bonds. The highest BCUT2D eigenvalue weighted by Crippen LogP contribution is 2.44. The van der Waals surface area contributed by atoms with Gasteiger partial charge in [0.15, 0.2) is 0 Å². The maximum atomic E-state index is 12.3. The molecule has 3 aliphatic rings. The van der Waals surface area contributed by atoms with Gasteiger partial charge in [-0.25, -0.2) is 0 Å². The topological polar surface area (TPSA) is 58.9 Å². The molecule has 0 fully saturated rings. The summed E-state index contributed by atoms with van der Waals surface area (Å²) in [6.45, 7) is 28.0. The molecule has 7 rings (SSSR count). The van der Waals surface area contributed by atoms with Crippen LogP contribution in [0.4, 0.5) is 0 Å². The molecule has 2 N–H and O–H groups in total. The summed E-state index contributed by atoms with van der Waals surface area (Å²) in [6.07, 6.45) is 7.98. The zero-order valence-corrected chi connectivity index (χ0v) is 35.1. The smallest absolute Gasteiger partial charge is 0.126 e. The van der Waals surface area contributed by atoms with Crippen LogP contribution in [0.5, 0.6) is 23.0 Å². The minimum Gasteiger partial charge on any atom is -0.507 e. The van der Waals surface area contributed by atoms with Crippen molar-refractivity contribution in [1.82, 2.24) is 0 Å². The summed E-state index contributed by atoms with van der Waals surface area (Å²) in [7, 11) is 0. The van der Waals surface area contributed by atoms with Gasteiger partial charge in [-0.3, -0.25) is 0 Å². The number of benzene rings is 4. The normalized spacial score (nSPS) is 16.1. The maximum Gasteiger partial charge on any atom is 0.126 e. The lowest BCUT2D eigenvalue weighted by molar-refractivity contribution is 0.315. The average molecular weight is 729 g/mol. The van der Waals surface area contributed by atoms with Crippen LogP contribution >= 0.6 is 0 Å². The molecule has 0 aromatic heterocycles. The van der Waals surface area contributed by atoms with E-state index in [2.05, 4.69) is 144 Å². The molecule has 0 spiro atoms. The molecule has 4 aromatic carbocycles. The number of phenols is 2. The van der Waals surface area contributed by atoms with Crippen molar-refractivity contribution in [2.24, 2.45) is 0 Å². The van der Waals surface area contributed by atoms with Crippen LogP contribution in [0.3, 0.4) is 0 Å². The first-order valence-corrected chi connectivity index (χ1v) is 20.0. The van der Waals surface area contributed by atoms with Gasteiger partial charge in [-0.1, -0.05) is 144 Å². The Labute approximate surface area is 325 Å². The number of hydrogen-bond donors (Lipinski definition) is 2. The van der Waals surface area contributed by atoms with Crippen LogP contribution in [0, 0.1) is 0 Å². The first kappa shape index (κ1) is 39.5. The molecule has 4 heteroatoms. The fraction of sp³-hybridized carbons (Fsp3) is 0.480. The van der Waals surface area contributed by atoms with E-state index >= 15 is 0 Å². The third kappa shape index (κ3) is 8.54. The van der Waals surface area contributed by atoms with Crippen LogP contribution in [-0.4, -0.2) is 23.4 Å². The zero-order chi connectivity index (χ0) is 39.4. The number of ether oxygens (including phenoxy) is 2. The van der Waals surface area contributed by atoms with Gasteiger partial charge in [0.25, 0.3) is 0 Å². The number of fused-ring (bicyclic) bond motifs is 6. The second-order valence-corrected chi connectivity index (χ2v) is 20.0. The zero-order valence-electron chi connectivity index (χ0n) is 35.1. The van der Waals surface area contributed by atoms with Gasteiger partial charge >= 0.3 is 0 Å². The summed E-state index contributed by atoms with van der Waals surface area (Å²) in [5.74, 6) is 2.37. The SMILES string of the molecule is CC(C)(C)c1cc2c(O)c(c1)Cc1cc(C(C)(C)C)cc3c1OCC/C=C/CCOc1c(cc(C(C)(C)C)cc1Cc1cc(C(C)(C)C)cc(c1O)C3)C2. The lowest BCUT2D eigenvalue weighted by Gasteiger charge is -2.28. The van der Waals surface area contributed by atoms with Crippen molar-refractivity contribution in [2.45, 2.75) is 143 Å². The average Bonchev–Trinajstić information content (AvgIpc) is 3.04. The highest BCUT2D eigenvalue weighted by Gasteiger charge is 2.28. The highest BCUT2D eigenvalue weighted by molar-refractivity contribution is 5.59. The Kier molecular flexibility index (Phi) is 10.6. The van der Waals surface area contributed by atoms with Crippen LogP contribution in [0.15, 0.2) is 60.7 Å². The van der Waals surface area contributed by atoms with Gasteiger partial charge in [0.1, 0.15) is 23.0 Å². The predicted molar refractivity (Wildman–Crippen MR) is 224 cm³/mol. The van der Waals surface area contributed by atoms with Crippen molar-refractivity contribution in [2.75, 3.05) is 13.2 Å². The molecule has 2 heterocycles. The predicted octanol–water partition coefficient (Wildman–Crippen LogP) is 12.1. The monoisotopic (exact) mass is 728 g/mol. The molecule has 0 saturated heterocycles. The molecule has 4 aromatic rings. The van der Waals surface area contributed by atoms with Crippen LogP contribution in [0.2, 0.25) is 0 Å². The van der Waals surface area contributed by atoms with Gasteiger partial charge in [0.2, 0.25) is 0 Å². The highest BCUT2D eigenvalue weighted by atomic mass is 16.5. The van der Waals surface area contributed by atoms with Crippen molar-refractivity contribution >= 4 is 0 Å². The first-order chi connectivity index (χ1) is 25.1. The fourth-order valence-corrected chi connectivity index (χ4v) is 7.71. The molecule has 0 radical (unpaired) electrons. The van der Waals surface area contributed by atoms with Gasteiger partial charge < -0.3 is 19.7 Å². The van der Waals surface area contributed by atoms with E-state index in [-0.39, 0.29) is 21.7 Å². The lowest BCUT2D eigenvalue weighted by Crippen LogP contribution is -2.16. The Morgan fingerprint density at radius 3 is 0.815 bits per heavy atom. The first-order valence-electron chi connectivity index (χ1n) is 20.0. The fourth-order valence-electron chi connectivity index (χ4n) is 7.71. The standard InChI is InChI=1S/C50H64O4/c1-47(2,3)39-23-31-19-35-27-41(49(7,8)9)29-37-21-33-25-40(48(4,5)6)26-34(44(33)52)22-38-30-42(50(10,11)12)28-36(20-32(24-39)43(31)51)46(38)54-18-16-14-13-15-17-53-45(35)37/h13-14,23-30,51-52H,15-22H2,1-12H3/b14-13+. The van der Waals surface area contributed by atoms with E-state index in [9.17, 15) is 10.2 Å². The van der Waals surface area contributed by atoms with E-state index < -0.39 is 0 Å². The van der Waals surface area contributed by atoms with Crippen LogP contribution in [-0.2, 0) is 47.3 Å². The van der Waals surface area contributed by atoms with Crippen molar-refractivity contribution in [3.05, 3.63) is 127 Å². The molecule has 2 aliphatic heterocycles. The maximum absolute atomic E-state index is 12.3. The third-order valence-corrected chi connectivity index (χ3v) is 11.2. The van der Waals surface area contributed by atoms with Gasteiger partial charge in [0.05, 0.1) is 13.2 Å². The Bertz CT molecular complexity index is 1820. The molecule has 1 aliphatic carbocycles. The summed E-state index contributed by atoms with van der Waals surface area (Å²) in [6, 6.07) is 18.0. The quantitative estimate of drug-likeness (QED) is 0.156. The Hall–Kier alpha value is -4.18. The molecule has 0 atom stereocenters. The van der Waals surface area contributed by atoms with Gasteiger partial charge in [0, 0.05) is 25.7 Å². The number of aromatic hydroxyl groups is 2. The van der Waals surface area contributed by atoms with Crippen molar-refractivity contribution in [1.29, 1.82) is 0 Å². The number of rotatable bonds is 0. The van der Waals surface area contributed by atoms with Gasteiger partial charge in [-0.05, 0) is 101 Å². The summed E-state index contributed by atoms with van der Waals surface area (Å²) in [5, 5.41) is 24.7. The van der Waals surface area contributed by atoms with Crippen molar-refractivity contribution in [3.63, 3.8) is 0 Å². The summed E-state index contributed by atoms with van der Waals surface area (Å²) >= 11 is 0. The van der Waals surface area contributed by atoms with Crippen LogP contribution < -0.4 is 9.47 Å². The van der Waals surface area contributed by atoms with E-state index in [1.165, 1.54) is 22.3 Å². The molecule has 0 saturated carbocycles. The van der Waals surface area contributed by atoms with Crippen molar-refractivity contribution in [3.8, 4) is 23.0 Å². The molecule has 4 nitrogen and oxygen atoms in total. The Morgan fingerprint density at radius 2 is 0.593 bits per heavy atom. The van der Waals surface area contributed by atoms with E-state index in [4.69, 9.17) is 9.47 Å². The van der Waals surface area contributed by atoms with Gasteiger partial charge in [-0.2, -0.15) is 0 Å². The summed E-state index contributed by atoms with van der Waals surface area (Å²) in [5.41, 5.74) is 12.0. The van der Waals surface area contributed by atoms with E-state index in [0.717, 1.165) is 68.8 Å². The Morgan fingerprint density at radius 1 is 0.370 bits per heavy atom. The largest absolute Gasteiger partial charge is 0.507 e. The molecule has 0 unspecified atom stereocenters. The second-order valence-electron chi connectivity index (χ2n) is 20.0. The summed E-state index contributed by atoms with van der Waals surface area (Å²) in [4.78, 5) is 0. The number of hydrogen-bond acceptors (Lipinski definition) is 4. The summed E-state index contributed by atoms with van der Waals surface area (Å²) < 4.78 is 13.7. The second kappa shape index (κ2) is 14.5. The minimum absolute atomic E-state index is 0.133. The third-order valence-electron chi connectivity index (χ3n) is 11.2. The van der Waals surface area contributed by atoms with Crippen LogP contribution in [0.1, 0.15) is 163 Å².